The third-order valence-electron chi connectivity index (χ3n) is 4.58. The molecule has 3 rings (SSSR count). The molecule has 0 spiro atoms. The molecule has 2 fully saturated rings. The summed E-state index contributed by atoms with van der Waals surface area (Å²) in [5, 5.41) is 4.51. The van der Waals surface area contributed by atoms with Crippen molar-refractivity contribution in [3.63, 3.8) is 0 Å². The predicted molar refractivity (Wildman–Crippen MR) is 71.9 cm³/mol. The van der Waals surface area contributed by atoms with Gasteiger partial charge in [-0.15, -0.1) is 0 Å². The van der Waals surface area contributed by atoms with Gasteiger partial charge in [-0.3, -0.25) is 9.48 Å². The van der Waals surface area contributed by atoms with E-state index < -0.39 is 0 Å². The molecule has 0 aliphatic carbocycles. The Balaban J connectivity index is 1.62. The summed E-state index contributed by atoms with van der Waals surface area (Å²) in [7, 11) is 0. The molecule has 0 amide bonds. The van der Waals surface area contributed by atoms with Crippen LogP contribution in [0.25, 0.3) is 0 Å². The molecule has 2 saturated heterocycles. The van der Waals surface area contributed by atoms with Gasteiger partial charge in [0.1, 0.15) is 5.78 Å². The van der Waals surface area contributed by atoms with E-state index in [9.17, 15) is 4.79 Å². The van der Waals surface area contributed by atoms with Crippen LogP contribution < -0.4 is 0 Å². The topological polar surface area (TPSA) is 44.1 Å². The molecule has 19 heavy (non-hydrogen) atoms. The zero-order valence-electron chi connectivity index (χ0n) is 11.7. The first-order chi connectivity index (χ1) is 9.17. The summed E-state index contributed by atoms with van der Waals surface area (Å²) in [5.41, 5.74) is 0.896. The summed E-state index contributed by atoms with van der Waals surface area (Å²) in [4.78, 5) is 12.3. The monoisotopic (exact) mass is 262 g/mol. The summed E-state index contributed by atoms with van der Waals surface area (Å²) in [6.45, 7) is 4.28. The fourth-order valence-electron chi connectivity index (χ4n) is 3.19. The number of carbonyl (C=O) groups excluding carboxylic acids is 1. The van der Waals surface area contributed by atoms with E-state index in [1.165, 1.54) is 0 Å². The van der Waals surface area contributed by atoms with Gasteiger partial charge in [0.15, 0.2) is 0 Å². The minimum atomic E-state index is 0.118. The third kappa shape index (κ3) is 2.46. The minimum Gasteiger partial charge on any atom is -0.374 e. The average Bonchev–Trinajstić information content (AvgIpc) is 3.13. The van der Waals surface area contributed by atoms with Crippen LogP contribution in [0.15, 0.2) is 12.3 Å². The first kappa shape index (κ1) is 12.9. The summed E-state index contributed by atoms with van der Waals surface area (Å²) < 4.78 is 7.72. The molecule has 2 bridgehead atoms. The SMILES string of the molecule is CCC(C)n1ccc(CC(=O)C2CC3CCC2O3)n1. The van der Waals surface area contributed by atoms with Crippen LogP contribution in [0.2, 0.25) is 0 Å². The molecule has 1 aromatic heterocycles. The predicted octanol–water partition coefficient (Wildman–Crippen LogP) is 2.53. The van der Waals surface area contributed by atoms with E-state index in [1.807, 2.05) is 16.9 Å². The van der Waals surface area contributed by atoms with Crippen molar-refractivity contribution in [2.24, 2.45) is 5.92 Å². The van der Waals surface area contributed by atoms with Crippen LogP contribution in [0, 0.1) is 5.92 Å². The van der Waals surface area contributed by atoms with Crippen molar-refractivity contribution in [1.29, 1.82) is 0 Å². The molecule has 4 unspecified atom stereocenters. The number of ketones is 1. The van der Waals surface area contributed by atoms with Crippen molar-refractivity contribution in [1.82, 2.24) is 9.78 Å². The van der Waals surface area contributed by atoms with Crippen LogP contribution >= 0.6 is 0 Å². The zero-order valence-corrected chi connectivity index (χ0v) is 11.7. The summed E-state index contributed by atoms with van der Waals surface area (Å²) in [6.07, 6.45) is 7.14. The number of hydrogen-bond donors (Lipinski definition) is 0. The second-order valence-corrected chi connectivity index (χ2v) is 5.90. The van der Waals surface area contributed by atoms with E-state index in [-0.39, 0.29) is 12.0 Å². The van der Waals surface area contributed by atoms with Gasteiger partial charge in [0.25, 0.3) is 0 Å². The molecule has 3 heterocycles. The molecule has 2 aliphatic rings. The maximum atomic E-state index is 12.3. The Labute approximate surface area is 114 Å². The number of carbonyl (C=O) groups is 1. The maximum absolute atomic E-state index is 12.3. The van der Waals surface area contributed by atoms with E-state index in [1.54, 1.807) is 0 Å². The first-order valence-corrected chi connectivity index (χ1v) is 7.39. The van der Waals surface area contributed by atoms with Gasteiger partial charge in [0.2, 0.25) is 0 Å². The molecular weight excluding hydrogens is 240 g/mol. The van der Waals surface area contributed by atoms with Crippen molar-refractivity contribution in [2.75, 3.05) is 0 Å². The molecule has 104 valence electrons. The molecule has 4 atom stereocenters. The molecule has 0 saturated carbocycles. The fraction of sp³-hybridized carbons (Fsp3) is 0.733. The minimum absolute atomic E-state index is 0.118. The Bertz CT molecular complexity index is 468. The lowest BCUT2D eigenvalue weighted by Gasteiger charge is -2.16. The molecule has 1 aromatic rings. The number of rotatable bonds is 5. The van der Waals surface area contributed by atoms with Gasteiger partial charge < -0.3 is 4.74 Å². The van der Waals surface area contributed by atoms with Gasteiger partial charge in [-0.05, 0) is 38.7 Å². The van der Waals surface area contributed by atoms with Crippen molar-refractivity contribution in [3.8, 4) is 0 Å². The van der Waals surface area contributed by atoms with Crippen molar-refractivity contribution >= 4 is 5.78 Å². The Kier molecular flexibility index (Phi) is 3.44. The van der Waals surface area contributed by atoms with Crippen LogP contribution in [0.1, 0.15) is 51.3 Å². The summed E-state index contributed by atoms with van der Waals surface area (Å²) in [5.74, 6) is 0.425. The summed E-state index contributed by atoms with van der Waals surface area (Å²) in [6, 6.07) is 2.37. The van der Waals surface area contributed by atoms with E-state index in [4.69, 9.17) is 4.74 Å². The number of hydrogen-bond acceptors (Lipinski definition) is 3. The molecular formula is C15H22N2O2. The van der Waals surface area contributed by atoms with E-state index in [0.29, 0.717) is 24.3 Å². The number of ether oxygens (including phenoxy) is 1. The Morgan fingerprint density at radius 3 is 3.05 bits per heavy atom. The second kappa shape index (κ2) is 5.08. The summed E-state index contributed by atoms with van der Waals surface area (Å²) >= 11 is 0. The second-order valence-electron chi connectivity index (χ2n) is 5.90. The highest BCUT2D eigenvalue weighted by molar-refractivity contribution is 5.83. The third-order valence-corrected chi connectivity index (χ3v) is 4.58. The zero-order chi connectivity index (χ0) is 13.4. The highest BCUT2D eigenvalue weighted by Gasteiger charge is 2.44. The quantitative estimate of drug-likeness (QED) is 0.819. The highest BCUT2D eigenvalue weighted by atomic mass is 16.5. The lowest BCUT2D eigenvalue weighted by Crippen LogP contribution is -2.26. The van der Waals surface area contributed by atoms with Crippen molar-refractivity contribution in [2.45, 2.75) is 64.2 Å². The lowest BCUT2D eigenvalue weighted by atomic mass is 9.85. The molecule has 4 nitrogen and oxygen atoms in total. The Morgan fingerprint density at radius 1 is 1.58 bits per heavy atom. The van der Waals surface area contributed by atoms with Gasteiger partial charge in [-0.2, -0.15) is 5.10 Å². The number of Topliss-reactive ketones (excluding diaryl/α,β-unsaturated/α-hetero) is 1. The number of fused-ring (bicyclic) bond motifs is 2. The highest BCUT2D eigenvalue weighted by Crippen LogP contribution is 2.39. The average molecular weight is 262 g/mol. The number of aromatic nitrogens is 2. The molecule has 0 N–H and O–H groups in total. The van der Waals surface area contributed by atoms with Gasteiger partial charge in [-0.25, -0.2) is 0 Å². The lowest BCUT2D eigenvalue weighted by molar-refractivity contribution is -0.123. The van der Waals surface area contributed by atoms with Crippen molar-refractivity contribution < 1.29 is 9.53 Å². The Morgan fingerprint density at radius 2 is 2.42 bits per heavy atom. The standard InChI is InChI=1S/C15H22N2O2/c1-3-10(2)17-7-6-11(16-17)8-14(18)13-9-12-4-5-15(13)19-12/h6-7,10,12-13,15H,3-5,8-9H2,1-2H3. The van der Waals surface area contributed by atoms with E-state index in [2.05, 4.69) is 18.9 Å². The van der Waals surface area contributed by atoms with Gasteiger partial charge in [0.05, 0.1) is 24.3 Å². The molecule has 0 aromatic carbocycles. The van der Waals surface area contributed by atoms with Crippen LogP contribution in [-0.4, -0.2) is 27.8 Å². The van der Waals surface area contributed by atoms with Gasteiger partial charge >= 0.3 is 0 Å². The molecule has 4 heteroatoms. The van der Waals surface area contributed by atoms with Gasteiger partial charge in [-0.1, -0.05) is 6.92 Å². The van der Waals surface area contributed by atoms with Crippen LogP contribution in [0.4, 0.5) is 0 Å². The Hall–Kier alpha value is -1.16. The first-order valence-electron chi connectivity index (χ1n) is 7.39. The largest absolute Gasteiger partial charge is 0.374 e. The molecule has 0 radical (unpaired) electrons. The van der Waals surface area contributed by atoms with E-state index >= 15 is 0 Å². The van der Waals surface area contributed by atoms with Crippen LogP contribution in [0.3, 0.4) is 0 Å². The van der Waals surface area contributed by atoms with Crippen LogP contribution in [-0.2, 0) is 16.0 Å². The van der Waals surface area contributed by atoms with Gasteiger partial charge in [0, 0.05) is 18.2 Å². The van der Waals surface area contributed by atoms with Crippen LogP contribution in [0.5, 0.6) is 0 Å². The normalized spacial score (nSPS) is 30.7. The number of nitrogens with zero attached hydrogens (tertiary/aromatic N) is 2. The molecule has 2 aliphatic heterocycles. The maximum Gasteiger partial charge on any atom is 0.144 e. The van der Waals surface area contributed by atoms with E-state index in [0.717, 1.165) is 31.4 Å². The van der Waals surface area contributed by atoms with Crippen molar-refractivity contribution in [3.05, 3.63) is 18.0 Å². The smallest absolute Gasteiger partial charge is 0.144 e. The fourth-order valence-corrected chi connectivity index (χ4v) is 3.19.